The van der Waals surface area contributed by atoms with Crippen molar-refractivity contribution in [1.29, 1.82) is 0 Å². The van der Waals surface area contributed by atoms with Crippen molar-refractivity contribution in [3.63, 3.8) is 0 Å². The molecule has 0 saturated heterocycles. The fourth-order valence-electron chi connectivity index (χ4n) is 2.21. The molecule has 0 unspecified atom stereocenters. The van der Waals surface area contributed by atoms with Crippen LogP contribution in [-0.2, 0) is 9.59 Å². The zero-order chi connectivity index (χ0) is 20.7. The zero-order valence-corrected chi connectivity index (χ0v) is 15.1. The normalized spacial score (nSPS) is 10.9. The highest BCUT2D eigenvalue weighted by Gasteiger charge is 2.16. The van der Waals surface area contributed by atoms with Crippen LogP contribution < -0.4 is 14.2 Å². The third kappa shape index (κ3) is 5.28. The van der Waals surface area contributed by atoms with Gasteiger partial charge in [0.1, 0.15) is 0 Å². The average molecular weight is 386 g/mol. The Balaban J connectivity index is 2.25. The molecule has 3 N–H and O–H groups in total. The Kier molecular flexibility index (Phi) is 6.64. The summed E-state index contributed by atoms with van der Waals surface area (Å²) in [6, 6.07) is 7.06. The minimum atomic E-state index is -1.11. The first-order valence-corrected chi connectivity index (χ1v) is 7.93. The number of ether oxygens (including phenoxy) is 3. The van der Waals surface area contributed by atoms with Crippen molar-refractivity contribution in [3.8, 4) is 28.7 Å². The van der Waals surface area contributed by atoms with E-state index in [0.29, 0.717) is 11.1 Å². The summed E-state index contributed by atoms with van der Waals surface area (Å²) in [5, 5.41) is 27.5. The number of benzene rings is 2. The molecule has 0 radical (unpaired) electrons. The summed E-state index contributed by atoms with van der Waals surface area (Å²) < 4.78 is 15.7. The van der Waals surface area contributed by atoms with Gasteiger partial charge in [-0.2, -0.15) is 0 Å². The van der Waals surface area contributed by atoms with E-state index in [1.807, 2.05) is 0 Å². The summed E-state index contributed by atoms with van der Waals surface area (Å²) in [5.74, 6) is -2.06. The monoisotopic (exact) mass is 386 g/mol. The maximum Gasteiger partial charge on any atom is 0.336 e. The van der Waals surface area contributed by atoms with Gasteiger partial charge in [-0.3, -0.25) is 0 Å². The number of aromatic hydroxyl groups is 2. The minimum absolute atomic E-state index is 0.0284. The van der Waals surface area contributed by atoms with Crippen LogP contribution in [0.1, 0.15) is 11.1 Å². The van der Waals surface area contributed by atoms with E-state index in [4.69, 9.17) is 19.3 Å². The van der Waals surface area contributed by atoms with Gasteiger partial charge in [0, 0.05) is 12.2 Å². The van der Waals surface area contributed by atoms with Gasteiger partial charge in [0.15, 0.2) is 23.0 Å². The van der Waals surface area contributed by atoms with Gasteiger partial charge in [-0.25, -0.2) is 9.59 Å². The number of carbonyl (C=O) groups is 2. The average Bonchev–Trinajstić information content (AvgIpc) is 2.67. The lowest BCUT2D eigenvalue weighted by Crippen LogP contribution is -2.06. The molecule has 0 bridgehead atoms. The molecule has 146 valence electrons. The lowest BCUT2D eigenvalue weighted by molar-refractivity contribution is -0.131. The molecule has 0 aliphatic heterocycles. The number of methoxy groups -OCH3 is 2. The molecule has 0 atom stereocenters. The molecule has 2 aromatic carbocycles. The van der Waals surface area contributed by atoms with Gasteiger partial charge in [0.25, 0.3) is 0 Å². The molecule has 0 heterocycles. The molecule has 28 heavy (non-hydrogen) atoms. The quantitative estimate of drug-likeness (QED) is 0.287. The van der Waals surface area contributed by atoms with Crippen LogP contribution in [0, 0.1) is 0 Å². The molecule has 0 aliphatic rings. The van der Waals surface area contributed by atoms with E-state index in [-0.39, 0.29) is 28.7 Å². The van der Waals surface area contributed by atoms with Crippen LogP contribution in [0.25, 0.3) is 12.2 Å². The first kappa shape index (κ1) is 20.4. The Hall–Kier alpha value is -3.94. The Morgan fingerprint density at radius 1 is 0.857 bits per heavy atom. The van der Waals surface area contributed by atoms with Crippen LogP contribution in [0.5, 0.6) is 28.7 Å². The van der Waals surface area contributed by atoms with Gasteiger partial charge in [0.2, 0.25) is 5.75 Å². The molecular weight excluding hydrogens is 368 g/mol. The van der Waals surface area contributed by atoms with Crippen molar-refractivity contribution in [3.05, 3.63) is 53.6 Å². The number of hydrogen-bond acceptors (Lipinski definition) is 7. The van der Waals surface area contributed by atoms with Gasteiger partial charge in [-0.15, -0.1) is 0 Å². The maximum atomic E-state index is 12.2. The Morgan fingerprint density at radius 2 is 1.46 bits per heavy atom. The number of rotatable bonds is 7. The zero-order valence-electron chi connectivity index (χ0n) is 15.1. The van der Waals surface area contributed by atoms with Crippen LogP contribution in [0.3, 0.4) is 0 Å². The number of carbonyl (C=O) groups excluding carboxylic acids is 1. The number of carboxylic acids is 1. The van der Waals surface area contributed by atoms with E-state index in [9.17, 15) is 19.8 Å². The van der Waals surface area contributed by atoms with Crippen molar-refractivity contribution in [2.24, 2.45) is 0 Å². The van der Waals surface area contributed by atoms with E-state index in [0.717, 1.165) is 12.2 Å². The van der Waals surface area contributed by atoms with E-state index >= 15 is 0 Å². The molecule has 0 aliphatic carbocycles. The molecule has 0 aromatic heterocycles. The minimum Gasteiger partial charge on any atom is -0.504 e. The van der Waals surface area contributed by atoms with Crippen LogP contribution in [0.2, 0.25) is 0 Å². The third-order valence-electron chi connectivity index (χ3n) is 3.52. The van der Waals surface area contributed by atoms with Gasteiger partial charge < -0.3 is 29.5 Å². The van der Waals surface area contributed by atoms with E-state index in [1.54, 1.807) is 0 Å². The van der Waals surface area contributed by atoms with Crippen molar-refractivity contribution >= 4 is 24.1 Å². The number of aliphatic carboxylic acids is 1. The summed E-state index contributed by atoms with van der Waals surface area (Å²) in [6.45, 7) is 0. The van der Waals surface area contributed by atoms with Gasteiger partial charge >= 0.3 is 11.9 Å². The summed E-state index contributed by atoms with van der Waals surface area (Å²) >= 11 is 0. The number of carboxylic acid groups (broad SMARTS) is 1. The third-order valence-corrected chi connectivity index (χ3v) is 3.52. The molecule has 0 saturated carbocycles. The van der Waals surface area contributed by atoms with Gasteiger partial charge in [-0.05, 0) is 47.5 Å². The first-order chi connectivity index (χ1) is 13.3. The summed E-state index contributed by atoms with van der Waals surface area (Å²) in [7, 11) is 2.73. The molecule has 8 heteroatoms. The van der Waals surface area contributed by atoms with Crippen LogP contribution in [0.4, 0.5) is 0 Å². The number of esters is 1. The predicted molar refractivity (Wildman–Crippen MR) is 101 cm³/mol. The Morgan fingerprint density at radius 3 is 2.00 bits per heavy atom. The van der Waals surface area contributed by atoms with Gasteiger partial charge in [-0.1, -0.05) is 6.07 Å². The highest BCUT2D eigenvalue weighted by atomic mass is 16.6. The number of hydrogen-bond donors (Lipinski definition) is 3. The van der Waals surface area contributed by atoms with Crippen molar-refractivity contribution in [1.82, 2.24) is 0 Å². The van der Waals surface area contributed by atoms with E-state index < -0.39 is 11.9 Å². The molecule has 0 amide bonds. The fraction of sp³-hybridized carbons (Fsp3) is 0.100. The lowest BCUT2D eigenvalue weighted by atomic mass is 10.1. The molecule has 0 fully saturated rings. The van der Waals surface area contributed by atoms with Crippen LogP contribution >= 0.6 is 0 Å². The summed E-state index contributed by atoms with van der Waals surface area (Å²) in [6.07, 6.45) is 4.82. The van der Waals surface area contributed by atoms with Crippen LogP contribution in [-0.4, -0.2) is 41.5 Å². The maximum absolute atomic E-state index is 12.2. The molecule has 8 nitrogen and oxygen atoms in total. The van der Waals surface area contributed by atoms with Crippen molar-refractivity contribution in [2.45, 2.75) is 0 Å². The lowest BCUT2D eigenvalue weighted by Gasteiger charge is -2.13. The van der Waals surface area contributed by atoms with E-state index in [2.05, 4.69) is 0 Å². The largest absolute Gasteiger partial charge is 0.504 e. The van der Waals surface area contributed by atoms with Gasteiger partial charge in [0.05, 0.1) is 14.2 Å². The van der Waals surface area contributed by atoms with E-state index in [1.165, 1.54) is 56.7 Å². The van der Waals surface area contributed by atoms with Crippen molar-refractivity contribution < 1.29 is 39.1 Å². The first-order valence-electron chi connectivity index (χ1n) is 7.93. The second-order valence-electron chi connectivity index (χ2n) is 5.43. The number of phenols is 2. The smallest absolute Gasteiger partial charge is 0.336 e. The standard InChI is InChI=1S/C20H18O8/c1-26-16-10-13(4-7-18(23)24)11-17(27-2)20(16)28-19(25)8-5-12-3-6-14(21)15(22)9-12/h3-11,21-22H,1-2H3,(H,23,24). The second kappa shape index (κ2) is 9.13. The predicted octanol–water partition coefficient (Wildman–Crippen LogP) is 2.83. The molecular formula is C20H18O8. The highest BCUT2D eigenvalue weighted by Crippen LogP contribution is 2.39. The Labute approximate surface area is 160 Å². The molecule has 2 rings (SSSR count). The summed E-state index contributed by atoms with van der Waals surface area (Å²) in [4.78, 5) is 22.8. The van der Waals surface area contributed by atoms with Crippen LogP contribution in [0.15, 0.2) is 42.5 Å². The second-order valence-corrected chi connectivity index (χ2v) is 5.43. The van der Waals surface area contributed by atoms with Crippen molar-refractivity contribution in [2.75, 3.05) is 14.2 Å². The summed E-state index contributed by atoms with van der Waals surface area (Å²) in [5.41, 5.74) is 0.950. The molecule has 2 aromatic rings. The molecule has 0 spiro atoms. The fourth-order valence-corrected chi connectivity index (χ4v) is 2.21. The Bertz CT molecular complexity index is 918. The SMILES string of the molecule is COc1cc(C=CC(=O)O)cc(OC)c1OC(=O)C=Cc1ccc(O)c(O)c1. The number of phenolic OH excluding ortho intramolecular Hbond substituents is 2. The topological polar surface area (TPSA) is 123 Å². The highest BCUT2D eigenvalue weighted by molar-refractivity contribution is 5.90.